The zero-order chi connectivity index (χ0) is 23.1. The van der Waals surface area contributed by atoms with Gasteiger partial charge in [-0.3, -0.25) is 9.52 Å². The Bertz CT molecular complexity index is 1170. The highest BCUT2D eigenvalue weighted by molar-refractivity contribution is 7.92. The van der Waals surface area contributed by atoms with Crippen molar-refractivity contribution in [2.45, 2.75) is 11.0 Å². The summed E-state index contributed by atoms with van der Waals surface area (Å²) in [5, 5.41) is 13.2. The number of sulfonamides is 1. The number of aliphatic hydroxyl groups excluding tert-OH is 1. The zero-order valence-corrected chi connectivity index (χ0v) is 19.0. The number of rotatable bonds is 9. The third-order valence-electron chi connectivity index (χ3n) is 4.30. The van der Waals surface area contributed by atoms with Crippen LogP contribution < -0.4 is 14.8 Å². The van der Waals surface area contributed by atoms with Crippen LogP contribution in [0, 0.1) is 0 Å². The fraction of sp³-hybridized carbons (Fsp3) is 0.136. The van der Waals surface area contributed by atoms with Gasteiger partial charge in [-0.15, -0.1) is 0 Å². The molecule has 0 saturated heterocycles. The molecule has 1 amide bonds. The maximum Gasteiger partial charge on any atom is 0.261 e. The van der Waals surface area contributed by atoms with Gasteiger partial charge in [-0.05, 0) is 48.5 Å². The van der Waals surface area contributed by atoms with Gasteiger partial charge in [0.05, 0.1) is 9.92 Å². The Morgan fingerprint density at radius 2 is 1.66 bits per heavy atom. The van der Waals surface area contributed by atoms with Crippen molar-refractivity contribution in [3.8, 4) is 5.75 Å². The first-order valence-electron chi connectivity index (χ1n) is 9.47. The number of benzene rings is 3. The Morgan fingerprint density at radius 1 is 0.969 bits per heavy atom. The molecule has 0 radical (unpaired) electrons. The topological polar surface area (TPSA) is 105 Å². The summed E-state index contributed by atoms with van der Waals surface area (Å²) in [6, 6.07) is 18.8. The Labute approximate surface area is 196 Å². The van der Waals surface area contributed by atoms with Crippen LogP contribution in [0.5, 0.6) is 5.75 Å². The minimum atomic E-state index is -3.72. The molecule has 0 bridgehead atoms. The van der Waals surface area contributed by atoms with E-state index in [1.54, 1.807) is 36.4 Å². The average molecular weight is 495 g/mol. The van der Waals surface area contributed by atoms with Crippen molar-refractivity contribution in [3.63, 3.8) is 0 Å². The molecule has 0 spiro atoms. The summed E-state index contributed by atoms with van der Waals surface area (Å²) in [5.41, 5.74) is 0.621. The molecule has 1 atom stereocenters. The SMILES string of the molecule is O=C(NCC(O)COc1cccc(Cl)c1Cl)c1ccc(NS(=O)(=O)c2ccccc2)cc1. The second kappa shape index (κ2) is 10.7. The lowest BCUT2D eigenvalue weighted by atomic mass is 10.2. The molecule has 10 heteroatoms. The van der Waals surface area contributed by atoms with E-state index in [0.717, 1.165) is 0 Å². The lowest BCUT2D eigenvalue weighted by Gasteiger charge is -2.14. The third-order valence-corrected chi connectivity index (χ3v) is 6.50. The van der Waals surface area contributed by atoms with Gasteiger partial charge in [0.15, 0.2) is 0 Å². The number of nitrogens with one attached hydrogen (secondary N) is 2. The van der Waals surface area contributed by atoms with Gasteiger partial charge in [-0.2, -0.15) is 0 Å². The summed E-state index contributed by atoms with van der Waals surface area (Å²) in [5.74, 6) is -0.0969. The van der Waals surface area contributed by atoms with E-state index in [0.29, 0.717) is 22.0 Å². The standard InChI is InChI=1S/C22H20Cl2N2O5S/c23-19-7-4-8-20(21(19)24)31-14-17(27)13-25-22(28)15-9-11-16(12-10-15)26-32(29,30)18-5-2-1-3-6-18/h1-12,17,26-27H,13-14H2,(H,25,28). The van der Waals surface area contributed by atoms with E-state index in [1.807, 2.05) is 0 Å². The highest BCUT2D eigenvalue weighted by atomic mass is 35.5. The van der Waals surface area contributed by atoms with Gasteiger partial charge in [0, 0.05) is 17.8 Å². The lowest BCUT2D eigenvalue weighted by molar-refractivity contribution is 0.0844. The molecule has 3 rings (SSSR count). The molecule has 0 aliphatic carbocycles. The summed E-state index contributed by atoms with van der Waals surface area (Å²) < 4.78 is 32.6. The molecule has 0 saturated carbocycles. The fourth-order valence-corrected chi connectivity index (χ4v) is 4.08. The molecule has 0 aromatic heterocycles. The molecule has 0 heterocycles. The number of halogens is 2. The summed E-state index contributed by atoms with van der Waals surface area (Å²) >= 11 is 11.9. The largest absolute Gasteiger partial charge is 0.489 e. The van der Waals surface area contributed by atoms with Crippen molar-refractivity contribution in [1.29, 1.82) is 0 Å². The Hall–Kier alpha value is -2.78. The van der Waals surface area contributed by atoms with E-state index in [4.69, 9.17) is 27.9 Å². The molecule has 0 fully saturated rings. The Morgan fingerprint density at radius 3 is 2.34 bits per heavy atom. The van der Waals surface area contributed by atoms with Crippen LogP contribution in [0.15, 0.2) is 77.7 Å². The molecule has 32 heavy (non-hydrogen) atoms. The molecule has 0 aliphatic rings. The second-order valence-electron chi connectivity index (χ2n) is 6.72. The van der Waals surface area contributed by atoms with Crippen LogP contribution >= 0.6 is 23.2 Å². The average Bonchev–Trinajstić information content (AvgIpc) is 2.79. The molecule has 3 aromatic rings. The summed E-state index contributed by atoms with van der Waals surface area (Å²) in [7, 11) is -3.72. The van der Waals surface area contributed by atoms with Crippen LogP contribution in [-0.4, -0.2) is 38.7 Å². The van der Waals surface area contributed by atoms with Crippen molar-refractivity contribution < 1.29 is 23.1 Å². The molecule has 1 unspecified atom stereocenters. The van der Waals surface area contributed by atoms with Crippen LogP contribution in [0.2, 0.25) is 10.0 Å². The highest BCUT2D eigenvalue weighted by Crippen LogP contribution is 2.31. The first-order valence-corrected chi connectivity index (χ1v) is 11.7. The molecular weight excluding hydrogens is 475 g/mol. The zero-order valence-electron chi connectivity index (χ0n) is 16.7. The number of amides is 1. The van der Waals surface area contributed by atoms with Gasteiger partial charge in [-0.1, -0.05) is 47.5 Å². The Balaban J connectivity index is 1.50. The van der Waals surface area contributed by atoms with E-state index in [9.17, 15) is 18.3 Å². The highest BCUT2D eigenvalue weighted by Gasteiger charge is 2.15. The van der Waals surface area contributed by atoms with Crippen LogP contribution in [0.4, 0.5) is 5.69 Å². The molecule has 168 valence electrons. The minimum absolute atomic E-state index is 0.0561. The molecule has 7 nitrogen and oxygen atoms in total. The number of ether oxygens (including phenoxy) is 1. The predicted molar refractivity (Wildman–Crippen MR) is 124 cm³/mol. The van der Waals surface area contributed by atoms with Gasteiger partial charge in [0.1, 0.15) is 23.5 Å². The van der Waals surface area contributed by atoms with Crippen molar-refractivity contribution >= 4 is 44.8 Å². The van der Waals surface area contributed by atoms with Crippen LogP contribution in [0.25, 0.3) is 0 Å². The third kappa shape index (κ3) is 6.37. The number of aliphatic hydroxyl groups is 1. The monoisotopic (exact) mass is 494 g/mol. The van der Waals surface area contributed by atoms with Crippen molar-refractivity contribution in [1.82, 2.24) is 5.32 Å². The van der Waals surface area contributed by atoms with Crippen LogP contribution in [0.1, 0.15) is 10.4 Å². The maximum atomic E-state index is 12.4. The van der Waals surface area contributed by atoms with Gasteiger partial charge < -0.3 is 15.2 Å². The number of hydrogen-bond donors (Lipinski definition) is 3. The number of carbonyl (C=O) groups is 1. The first-order chi connectivity index (χ1) is 15.3. The number of anilines is 1. The fourth-order valence-electron chi connectivity index (χ4n) is 2.66. The van der Waals surface area contributed by atoms with Gasteiger partial charge in [0.25, 0.3) is 15.9 Å². The first kappa shape index (κ1) is 23.9. The normalized spacial score (nSPS) is 12.1. The summed E-state index contributed by atoms with van der Waals surface area (Å²) in [6.45, 7) is -0.153. The van der Waals surface area contributed by atoms with Crippen molar-refractivity contribution in [2.24, 2.45) is 0 Å². The second-order valence-corrected chi connectivity index (χ2v) is 9.19. The smallest absolute Gasteiger partial charge is 0.261 e. The predicted octanol–water partition coefficient (Wildman–Crippen LogP) is 3.96. The van der Waals surface area contributed by atoms with E-state index in [2.05, 4.69) is 10.0 Å². The van der Waals surface area contributed by atoms with Gasteiger partial charge in [0.2, 0.25) is 0 Å². The molecule has 3 N–H and O–H groups in total. The van der Waals surface area contributed by atoms with Crippen molar-refractivity contribution in [2.75, 3.05) is 17.9 Å². The summed E-state index contributed by atoms with van der Waals surface area (Å²) in [4.78, 5) is 12.4. The number of hydrogen-bond acceptors (Lipinski definition) is 5. The van der Waals surface area contributed by atoms with Crippen LogP contribution in [-0.2, 0) is 10.0 Å². The Kier molecular flexibility index (Phi) is 7.98. The summed E-state index contributed by atoms with van der Waals surface area (Å²) in [6.07, 6.45) is -0.981. The van der Waals surface area contributed by atoms with Gasteiger partial charge in [-0.25, -0.2) is 8.42 Å². The van der Waals surface area contributed by atoms with E-state index >= 15 is 0 Å². The van der Waals surface area contributed by atoms with E-state index in [-0.39, 0.29) is 23.1 Å². The van der Waals surface area contributed by atoms with Crippen LogP contribution in [0.3, 0.4) is 0 Å². The molecule has 3 aromatic carbocycles. The van der Waals surface area contributed by atoms with E-state index < -0.39 is 22.0 Å². The lowest BCUT2D eigenvalue weighted by Crippen LogP contribution is -2.35. The maximum absolute atomic E-state index is 12.4. The molecule has 0 aliphatic heterocycles. The number of carbonyl (C=O) groups excluding carboxylic acids is 1. The van der Waals surface area contributed by atoms with Gasteiger partial charge >= 0.3 is 0 Å². The quantitative estimate of drug-likeness (QED) is 0.417. The van der Waals surface area contributed by atoms with Crippen molar-refractivity contribution in [3.05, 3.63) is 88.4 Å². The molecular formula is C22H20Cl2N2O5S. The van der Waals surface area contributed by atoms with E-state index in [1.165, 1.54) is 36.4 Å². The minimum Gasteiger partial charge on any atom is -0.489 e.